The summed E-state index contributed by atoms with van der Waals surface area (Å²) in [5.74, 6) is 0.780. The molecule has 1 atom stereocenters. The number of piperidine rings is 1. The fraction of sp³-hybridized carbons (Fsp3) is 0.292. The highest BCUT2D eigenvalue weighted by atomic mass is 16.5. The van der Waals surface area contributed by atoms with Crippen LogP contribution in [0.1, 0.15) is 28.8 Å². The summed E-state index contributed by atoms with van der Waals surface area (Å²) < 4.78 is 5.45. The van der Waals surface area contributed by atoms with Gasteiger partial charge < -0.3 is 9.64 Å². The van der Waals surface area contributed by atoms with E-state index in [0.717, 1.165) is 41.6 Å². The molecule has 0 N–H and O–H groups in total. The van der Waals surface area contributed by atoms with Gasteiger partial charge in [0.2, 0.25) is 0 Å². The standard InChI is InChI=1S/C24H25N3O2/c1-17-14-25-23(26-15-17)19-10-8-18(9-11-19)20-5-3-6-21(13-20)24(28)27-12-4-7-22(16-27)29-2/h3,5-6,8-11,13-15,22H,4,7,12,16H2,1-2H3. The summed E-state index contributed by atoms with van der Waals surface area (Å²) >= 11 is 0. The minimum absolute atomic E-state index is 0.0678. The molecule has 1 aliphatic rings. The van der Waals surface area contributed by atoms with E-state index in [-0.39, 0.29) is 12.0 Å². The Morgan fingerprint density at radius 1 is 1.03 bits per heavy atom. The van der Waals surface area contributed by atoms with Gasteiger partial charge in [0.15, 0.2) is 5.82 Å². The molecule has 5 nitrogen and oxygen atoms in total. The number of nitrogens with zero attached hydrogens (tertiary/aromatic N) is 3. The van der Waals surface area contributed by atoms with Crippen LogP contribution in [0.5, 0.6) is 0 Å². The second-order valence-corrected chi connectivity index (χ2v) is 7.49. The van der Waals surface area contributed by atoms with Crippen LogP contribution in [0.4, 0.5) is 0 Å². The van der Waals surface area contributed by atoms with Crippen LogP contribution in [-0.2, 0) is 4.74 Å². The summed E-state index contributed by atoms with van der Waals surface area (Å²) in [4.78, 5) is 23.6. The quantitative estimate of drug-likeness (QED) is 0.667. The number of rotatable bonds is 4. The maximum absolute atomic E-state index is 13.0. The van der Waals surface area contributed by atoms with Gasteiger partial charge in [-0.1, -0.05) is 36.4 Å². The molecule has 0 spiro atoms. The first-order valence-electron chi connectivity index (χ1n) is 9.95. The third kappa shape index (κ3) is 4.35. The molecule has 2 aromatic carbocycles. The van der Waals surface area contributed by atoms with Crippen molar-refractivity contribution in [2.75, 3.05) is 20.2 Å². The van der Waals surface area contributed by atoms with E-state index in [1.54, 1.807) is 7.11 Å². The molecule has 3 aromatic rings. The molecular weight excluding hydrogens is 362 g/mol. The number of ether oxygens (including phenoxy) is 1. The van der Waals surface area contributed by atoms with Gasteiger partial charge in [0.1, 0.15) is 0 Å². The summed E-state index contributed by atoms with van der Waals surface area (Å²) in [6, 6.07) is 15.9. The molecule has 1 saturated heterocycles. The van der Waals surface area contributed by atoms with Crippen molar-refractivity contribution >= 4 is 5.91 Å². The van der Waals surface area contributed by atoms with E-state index in [9.17, 15) is 4.79 Å². The number of likely N-dealkylation sites (tertiary alicyclic amines) is 1. The van der Waals surface area contributed by atoms with E-state index in [0.29, 0.717) is 17.9 Å². The van der Waals surface area contributed by atoms with Crippen molar-refractivity contribution in [3.05, 3.63) is 72.1 Å². The Hall–Kier alpha value is -3.05. The number of amides is 1. The predicted molar refractivity (Wildman–Crippen MR) is 114 cm³/mol. The van der Waals surface area contributed by atoms with Crippen LogP contribution < -0.4 is 0 Å². The van der Waals surface area contributed by atoms with Crippen molar-refractivity contribution < 1.29 is 9.53 Å². The van der Waals surface area contributed by atoms with E-state index in [4.69, 9.17) is 4.74 Å². The zero-order valence-electron chi connectivity index (χ0n) is 16.8. The molecule has 1 amide bonds. The van der Waals surface area contributed by atoms with Crippen LogP contribution in [0.25, 0.3) is 22.5 Å². The highest BCUT2D eigenvalue weighted by Gasteiger charge is 2.24. The second kappa shape index (κ2) is 8.53. The van der Waals surface area contributed by atoms with Crippen LogP contribution >= 0.6 is 0 Å². The number of methoxy groups -OCH3 is 1. The molecule has 2 heterocycles. The first-order chi connectivity index (χ1) is 14.1. The van der Waals surface area contributed by atoms with Crippen molar-refractivity contribution in [2.45, 2.75) is 25.9 Å². The van der Waals surface area contributed by atoms with E-state index in [2.05, 4.69) is 9.97 Å². The Bertz CT molecular complexity index is 984. The summed E-state index contributed by atoms with van der Waals surface area (Å²) in [6.45, 7) is 3.42. The minimum atomic E-state index is 0.0678. The van der Waals surface area contributed by atoms with Gasteiger partial charge >= 0.3 is 0 Å². The van der Waals surface area contributed by atoms with Gasteiger partial charge in [0.25, 0.3) is 5.91 Å². The van der Waals surface area contributed by atoms with Crippen LogP contribution in [0, 0.1) is 6.92 Å². The Balaban J connectivity index is 1.54. The summed E-state index contributed by atoms with van der Waals surface area (Å²) in [7, 11) is 1.71. The molecular formula is C24H25N3O2. The van der Waals surface area contributed by atoms with E-state index in [1.807, 2.05) is 72.7 Å². The molecule has 0 bridgehead atoms. The van der Waals surface area contributed by atoms with Gasteiger partial charge in [-0.15, -0.1) is 0 Å². The maximum Gasteiger partial charge on any atom is 0.253 e. The number of aromatic nitrogens is 2. The first-order valence-corrected chi connectivity index (χ1v) is 9.95. The number of hydrogen-bond donors (Lipinski definition) is 0. The molecule has 29 heavy (non-hydrogen) atoms. The average Bonchev–Trinajstić information content (AvgIpc) is 2.79. The highest BCUT2D eigenvalue weighted by Crippen LogP contribution is 2.25. The smallest absolute Gasteiger partial charge is 0.253 e. The largest absolute Gasteiger partial charge is 0.380 e. The molecule has 1 fully saturated rings. The number of aryl methyl sites for hydroxylation is 1. The van der Waals surface area contributed by atoms with Crippen LogP contribution in [-0.4, -0.2) is 47.1 Å². The van der Waals surface area contributed by atoms with Crippen molar-refractivity contribution in [1.82, 2.24) is 14.9 Å². The summed E-state index contributed by atoms with van der Waals surface area (Å²) in [5, 5.41) is 0. The Morgan fingerprint density at radius 2 is 1.76 bits per heavy atom. The monoisotopic (exact) mass is 387 g/mol. The third-order valence-corrected chi connectivity index (χ3v) is 5.37. The Kier molecular flexibility index (Phi) is 5.67. The molecule has 4 rings (SSSR count). The average molecular weight is 387 g/mol. The van der Waals surface area contributed by atoms with Crippen LogP contribution in [0.15, 0.2) is 60.9 Å². The summed E-state index contributed by atoms with van der Waals surface area (Å²) in [6.07, 6.45) is 5.76. The lowest BCUT2D eigenvalue weighted by atomic mass is 10.0. The Morgan fingerprint density at radius 3 is 2.48 bits per heavy atom. The third-order valence-electron chi connectivity index (χ3n) is 5.37. The Labute approximate surface area is 171 Å². The van der Waals surface area contributed by atoms with Crippen LogP contribution in [0.2, 0.25) is 0 Å². The fourth-order valence-electron chi connectivity index (χ4n) is 3.68. The van der Waals surface area contributed by atoms with Gasteiger partial charge in [-0.2, -0.15) is 0 Å². The minimum Gasteiger partial charge on any atom is -0.380 e. The van der Waals surface area contributed by atoms with Crippen molar-refractivity contribution in [3.63, 3.8) is 0 Å². The fourth-order valence-corrected chi connectivity index (χ4v) is 3.68. The molecule has 0 saturated carbocycles. The first kappa shape index (κ1) is 19.3. The lowest BCUT2D eigenvalue weighted by Gasteiger charge is -2.32. The lowest BCUT2D eigenvalue weighted by molar-refractivity contribution is 0.0269. The van der Waals surface area contributed by atoms with Gasteiger partial charge in [-0.25, -0.2) is 9.97 Å². The van der Waals surface area contributed by atoms with Crippen molar-refractivity contribution in [2.24, 2.45) is 0 Å². The van der Waals surface area contributed by atoms with Crippen molar-refractivity contribution in [1.29, 1.82) is 0 Å². The topological polar surface area (TPSA) is 55.3 Å². The molecule has 0 aliphatic carbocycles. The number of hydrogen-bond acceptors (Lipinski definition) is 4. The van der Waals surface area contributed by atoms with E-state index >= 15 is 0 Å². The second-order valence-electron chi connectivity index (χ2n) is 7.49. The molecule has 1 unspecified atom stereocenters. The highest BCUT2D eigenvalue weighted by molar-refractivity contribution is 5.95. The molecule has 0 radical (unpaired) electrons. The predicted octanol–water partition coefficient (Wildman–Crippen LogP) is 4.37. The normalized spacial score (nSPS) is 16.6. The lowest BCUT2D eigenvalue weighted by Crippen LogP contribution is -2.42. The number of carbonyl (C=O) groups excluding carboxylic acids is 1. The zero-order valence-corrected chi connectivity index (χ0v) is 16.8. The van der Waals surface area contributed by atoms with E-state index < -0.39 is 0 Å². The number of benzene rings is 2. The maximum atomic E-state index is 13.0. The van der Waals surface area contributed by atoms with Gasteiger partial charge in [-0.3, -0.25) is 4.79 Å². The zero-order chi connectivity index (χ0) is 20.2. The molecule has 1 aliphatic heterocycles. The number of carbonyl (C=O) groups is 1. The van der Waals surface area contributed by atoms with Gasteiger partial charge in [-0.05, 0) is 48.6 Å². The SMILES string of the molecule is COC1CCCN(C(=O)c2cccc(-c3ccc(-c4ncc(C)cn4)cc3)c2)C1. The van der Waals surface area contributed by atoms with Gasteiger partial charge in [0, 0.05) is 43.7 Å². The van der Waals surface area contributed by atoms with Crippen LogP contribution in [0.3, 0.4) is 0 Å². The summed E-state index contributed by atoms with van der Waals surface area (Å²) in [5.41, 5.74) is 4.80. The molecule has 148 valence electrons. The molecule has 5 heteroatoms. The van der Waals surface area contributed by atoms with E-state index in [1.165, 1.54) is 0 Å². The molecule has 1 aromatic heterocycles. The van der Waals surface area contributed by atoms with Crippen molar-refractivity contribution in [3.8, 4) is 22.5 Å². The van der Waals surface area contributed by atoms with Gasteiger partial charge in [0.05, 0.1) is 6.10 Å².